The Kier molecular flexibility index (Phi) is 5.46. The number of hydrogen-bond acceptors (Lipinski definition) is 1. The van der Waals surface area contributed by atoms with Crippen molar-refractivity contribution in [1.82, 2.24) is 5.32 Å². The fraction of sp³-hybridized carbons (Fsp3) is 0.625. The first-order valence-electron chi connectivity index (χ1n) is 7.42. The van der Waals surface area contributed by atoms with Crippen molar-refractivity contribution in [1.29, 1.82) is 0 Å². The average molecular weight is 285 g/mol. The van der Waals surface area contributed by atoms with Crippen LogP contribution >= 0.6 is 0 Å². The summed E-state index contributed by atoms with van der Waals surface area (Å²) in [5.41, 5.74) is 0.132. The molecule has 0 heterocycles. The van der Waals surface area contributed by atoms with Crippen molar-refractivity contribution in [3.63, 3.8) is 0 Å². The lowest BCUT2D eigenvalue weighted by atomic mass is 9.87. The molecule has 1 fully saturated rings. The molecule has 0 radical (unpaired) electrons. The van der Waals surface area contributed by atoms with Gasteiger partial charge in [-0.2, -0.15) is 13.2 Å². The van der Waals surface area contributed by atoms with Crippen molar-refractivity contribution in [2.45, 2.75) is 51.2 Å². The van der Waals surface area contributed by atoms with Crippen molar-refractivity contribution in [3.8, 4) is 0 Å². The highest BCUT2D eigenvalue weighted by Gasteiger charge is 2.30. The van der Waals surface area contributed by atoms with Crippen molar-refractivity contribution in [2.24, 2.45) is 5.92 Å². The molecule has 1 nitrogen and oxygen atoms in total. The Hall–Kier alpha value is -1.03. The second-order valence-electron chi connectivity index (χ2n) is 5.67. The van der Waals surface area contributed by atoms with E-state index in [-0.39, 0.29) is 0 Å². The zero-order chi connectivity index (χ0) is 14.4. The quantitative estimate of drug-likeness (QED) is 0.769. The normalized spacial score (nSPS) is 17.4. The van der Waals surface area contributed by atoms with Crippen LogP contribution < -0.4 is 5.32 Å². The van der Waals surface area contributed by atoms with Crippen LogP contribution in [0.15, 0.2) is 24.3 Å². The SMILES string of the molecule is FC(F)(F)c1cccc(CNCCC2CCCCC2)c1. The third kappa shape index (κ3) is 4.82. The Balaban J connectivity index is 1.73. The van der Waals surface area contributed by atoms with Crippen LogP contribution in [0, 0.1) is 5.92 Å². The summed E-state index contributed by atoms with van der Waals surface area (Å²) in [4.78, 5) is 0. The van der Waals surface area contributed by atoms with Crippen LogP contribution in [0.5, 0.6) is 0 Å². The fourth-order valence-corrected chi connectivity index (χ4v) is 2.87. The van der Waals surface area contributed by atoms with Crippen LogP contribution in [-0.2, 0) is 12.7 Å². The molecule has 1 saturated carbocycles. The summed E-state index contributed by atoms with van der Waals surface area (Å²) in [6.07, 6.45) is 3.53. The number of halogens is 3. The molecule has 0 spiro atoms. The van der Waals surface area contributed by atoms with Gasteiger partial charge in [0.2, 0.25) is 0 Å². The summed E-state index contributed by atoms with van der Waals surface area (Å²) >= 11 is 0. The summed E-state index contributed by atoms with van der Waals surface area (Å²) < 4.78 is 37.7. The number of benzene rings is 1. The van der Waals surface area contributed by atoms with Gasteiger partial charge in [0, 0.05) is 6.54 Å². The van der Waals surface area contributed by atoms with E-state index in [4.69, 9.17) is 0 Å². The number of alkyl halides is 3. The Morgan fingerprint density at radius 3 is 2.55 bits per heavy atom. The van der Waals surface area contributed by atoms with Crippen molar-refractivity contribution < 1.29 is 13.2 Å². The van der Waals surface area contributed by atoms with Gasteiger partial charge in [0.25, 0.3) is 0 Å². The molecule has 1 N–H and O–H groups in total. The molecule has 0 bridgehead atoms. The predicted molar refractivity (Wildman–Crippen MR) is 74.3 cm³/mol. The van der Waals surface area contributed by atoms with E-state index in [0.717, 1.165) is 24.9 Å². The summed E-state index contributed by atoms with van der Waals surface area (Å²) in [6.45, 7) is 1.40. The maximum atomic E-state index is 12.6. The zero-order valence-corrected chi connectivity index (χ0v) is 11.7. The third-order valence-electron chi connectivity index (χ3n) is 4.04. The smallest absolute Gasteiger partial charge is 0.313 e. The van der Waals surface area contributed by atoms with E-state index in [1.54, 1.807) is 6.07 Å². The molecule has 4 heteroatoms. The molecule has 0 aliphatic heterocycles. The van der Waals surface area contributed by atoms with Gasteiger partial charge in [0.1, 0.15) is 0 Å². The molecule has 2 rings (SSSR count). The summed E-state index contributed by atoms with van der Waals surface area (Å²) in [5.74, 6) is 0.803. The first kappa shape index (κ1) is 15.4. The number of nitrogens with one attached hydrogen (secondary N) is 1. The van der Waals surface area contributed by atoms with Crippen molar-refractivity contribution in [3.05, 3.63) is 35.4 Å². The van der Waals surface area contributed by atoms with E-state index in [1.165, 1.54) is 44.2 Å². The van der Waals surface area contributed by atoms with E-state index in [1.807, 2.05) is 0 Å². The molecule has 112 valence electrons. The van der Waals surface area contributed by atoms with Crippen LogP contribution in [0.2, 0.25) is 0 Å². The van der Waals surface area contributed by atoms with E-state index >= 15 is 0 Å². The molecular formula is C16H22F3N. The summed E-state index contributed by atoms with van der Waals surface area (Å²) in [7, 11) is 0. The van der Waals surface area contributed by atoms with Crippen LogP contribution in [0.25, 0.3) is 0 Å². The molecule has 0 unspecified atom stereocenters. The zero-order valence-electron chi connectivity index (χ0n) is 11.7. The minimum Gasteiger partial charge on any atom is -0.313 e. The predicted octanol–water partition coefficient (Wildman–Crippen LogP) is 4.77. The maximum Gasteiger partial charge on any atom is 0.416 e. The van der Waals surface area contributed by atoms with Gasteiger partial charge in [0.15, 0.2) is 0 Å². The van der Waals surface area contributed by atoms with Crippen LogP contribution in [0.4, 0.5) is 13.2 Å². The lowest BCUT2D eigenvalue weighted by Gasteiger charge is -2.21. The van der Waals surface area contributed by atoms with E-state index in [9.17, 15) is 13.2 Å². The number of rotatable bonds is 5. The summed E-state index contributed by atoms with van der Waals surface area (Å²) in [6, 6.07) is 5.56. The molecule has 1 aromatic carbocycles. The third-order valence-corrected chi connectivity index (χ3v) is 4.04. The molecule has 0 saturated heterocycles. The van der Waals surface area contributed by atoms with Gasteiger partial charge in [-0.25, -0.2) is 0 Å². The Labute approximate surface area is 118 Å². The molecule has 1 aliphatic carbocycles. The standard InChI is InChI=1S/C16H22F3N/c17-16(18,19)15-8-4-7-14(11-15)12-20-10-9-13-5-2-1-3-6-13/h4,7-8,11,13,20H,1-3,5-6,9-10,12H2. The molecule has 1 aromatic rings. The van der Waals surface area contributed by atoms with Gasteiger partial charge in [-0.1, -0.05) is 50.3 Å². The van der Waals surface area contributed by atoms with Crippen LogP contribution in [0.3, 0.4) is 0 Å². The van der Waals surface area contributed by atoms with E-state index in [2.05, 4.69) is 5.32 Å². The van der Waals surface area contributed by atoms with E-state index in [0.29, 0.717) is 12.1 Å². The summed E-state index contributed by atoms with van der Waals surface area (Å²) in [5, 5.41) is 3.26. The van der Waals surface area contributed by atoms with Crippen LogP contribution in [-0.4, -0.2) is 6.54 Å². The minimum absolute atomic E-state index is 0.511. The highest BCUT2D eigenvalue weighted by Crippen LogP contribution is 2.29. The lowest BCUT2D eigenvalue weighted by Crippen LogP contribution is -2.19. The average Bonchev–Trinajstić information content (AvgIpc) is 2.44. The molecular weight excluding hydrogens is 263 g/mol. The van der Waals surface area contributed by atoms with Gasteiger partial charge in [-0.15, -0.1) is 0 Å². The van der Waals surface area contributed by atoms with Gasteiger partial charge in [-0.3, -0.25) is 0 Å². The van der Waals surface area contributed by atoms with Crippen molar-refractivity contribution in [2.75, 3.05) is 6.54 Å². The topological polar surface area (TPSA) is 12.0 Å². The first-order valence-corrected chi connectivity index (χ1v) is 7.42. The highest BCUT2D eigenvalue weighted by atomic mass is 19.4. The molecule has 20 heavy (non-hydrogen) atoms. The lowest BCUT2D eigenvalue weighted by molar-refractivity contribution is -0.137. The van der Waals surface area contributed by atoms with Crippen molar-refractivity contribution >= 4 is 0 Å². The van der Waals surface area contributed by atoms with Gasteiger partial charge in [-0.05, 0) is 30.5 Å². The maximum absolute atomic E-state index is 12.6. The van der Waals surface area contributed by atoms with E-state index < -0.39 is 11.7 Å². The largest absolute Gasteiger partial charge is 0.416 e. The second-order valence-corrected chi connectivity index (χ2v) is 5.67. The highest BCUT2D eigenvalue weighted by molar-refractivity contribution is 5.25. The van der Waals surface area contributed by atoms with Gasteiger partial charge in [0.05, 0.1) is 5.56 Å². The van der Waals surface area contributed by atoms with Gasteiger partial charge >= 0.3 is 6.18 Å². The Morgan fingerprint density at radius 1 is 1.10 bits per heavy atom. The first-order chi connectivity index (χ1) is 9.55. The Morgan fingerprint density at radius 2 is 1.85 bits per heavy atom. The van der Waals surface area contributed by atoms with Gasteiger partial charge < -0.3 is 5.32 Å². The molecule has 0 atom stereocenters. The minimum atomic E-state index is -4.25. The Bertz CT molecular complexity index is 408. The monoisotopic (exact) mass is 285 g/mol. The molecule has 0 amide bonds. The fourth-order valence-electron chi connectivity index (χ4n) is 2.87. The molecule has 1 aliphatic rings. The molecule has 0 aromatic heterocycles. The second kappa shape index (κ2) is 7.11. The van der Waals surface area contributed by atoms with Crippen LogP contribution in [0.1, 0.15) is 49.7 Å². The number of hydrogen-bond donors (Lipinski definition) is 1.